The Hall–Kier alpha value is -1.02. The number of hydrogen-bond acceptors (Lipinski definition) is 6. The Kier molecular flexibility index (Phi) is 36.0. The van der Waals surface area contributed by atoms with Crippen LogP contribution in [0.2, 0.25) is 0 Å². The number of carbonyl (C=O) groups excluding carboxylic acids is 1. The minimum absolute atomic E-state index is 0.0786. The minimum Gasteiger partial charge on any atom is -0.387 e. The molecule has 290 valence electrons. The molecule has 5 N–H and O–H groups in total. The molecule has 0 aromatic heterocycles. The molecule has 49 heavy (non-hydrogen) atoms. The van der Waals surface area contributed by atoms with Gasteiger partial charge in [-0.25, -0.2) is 4.57 Å². The van der Waals surface area contributed by atoms with E-state index in [9.17, 15) is 19.4 Å². The molecule has 0 saturated heterocycles. The molecule has 0 saturated carbocycles. The van der Waals surface area contributed by atoms with Crippen molar-refractivity contribution in [3.8, 4) is 0 Å². The largest absolute Gasteiger partial charge is 0.472 e. The molecule has 0 rings (SSSR count). The predicted octanol–water partition coefficient (Wildman–Crippen LogP) is 11.0. The molecule has 0 heterocycles. The zero-order valence-corrected chi connectivity index (χ0v) is 32.8. The third kappa shape index (κ3) is 35.2. The summed E-state index contributed by atoms with van der Waals surface area (Å²) in [6.45, 7) is 4.12. The summed E-state index contributed by atoms with van der Waals surface area (Å²) in [5, 5.41) is 13.6. The first kappa shape index (κ1) is 48.0. The first-order valence-corrected chi connectivity index (χ1v) is 22.0. The second-order valence-electron chi connectivity index (χ2n) is 13.8. The molecule has 9 heteroatoms. The van der Waals surface area contributed by atoms with Gasteiger partial charge in [0.05, 0.1) is 25.4 Å². The summed E-state index contributed by atoms with van der Waals surface area (Å²) in [6.07, 6.45) is 40.7. The van der Waals surface area contributed by atoms with Crippen LogP contribution in [-0.2, 0) is 18.4 Å². The molecule has 0 aliphatic rings. The molecule has 3 atom stereocenters. The van der Waals surface area contributed by atoms with E-state index >= 15 is 0 Å². The molecule has 0 fully saturated rings. The van der Waals surface area contributed by atoms with Crippen LogP contribution in [0.3, 0.4) is 0 Å². The lowest BCUT2D eigenvalue weighted by Crippen LogP contribution is -2.45. The summed E-state index contributed by atoms with van der Waals surface area (Å²) in [5.74, 6) is -0.199. The molecule has 0 aliphatic heterocycles. The van der Waals surface area contributed by atoms with Crippen molar-refractivity contribution >= 4 is 13.7 Å². The average Bonchev–Trinajstić information content (AvgIpc) is 3.09. The van der Waals surface area contributed by atoms with Gasteiger partial charge < -0.3 is 21.1 Å². The van der Waals surface area contributed by atoms with Crippen LogP contribution < -0.4 is 11.1 Å². The van der Waals surface area contributed by atoms with E-state index in [0.717, 1.165) is 38.5 Å². The van der Waals surface area contributed by atoms with Gasteiger partial charge in [0.25, 0.3) is 0 Å². The van der Waals surface area contributed by atoms with Crippen molar-refractivity contribution < 1.29 is 28.4 Å². The lowest BCUT2D eigenvalue weighted by atomic mass is 10.0. The van der Waals surface area contributed by atoms with Crippen molar-refractivity contribution in [1.82, 2.24) is 5.32 Å². The SMILES string of the molecule is CCCCCCCC/C=C\CCCCCCCCCC(=O)NC(COP(=O)(O)OCCN)C(O)/C=C/CCCCCCCCCCCCC. The Morgan fingerprint density at radius 2 is 1.06 bits per heavy atom. The normalized spacial score (nSPS) is 14.5. The molecular weight excluding hydrogens is 635 g/mol. The van der Waals surface area contributed by atoms with Gasteiger partial charge in [-0.05, 0) is 44.9 Å². The summed E-state index contributed by atoms with van der Waals surface area (Å²) >= 11 is 0. The number of aliphatic hydroxyl groups excluding tert-OH is 1. The Labute approximate surface area is 302 Å². The lowest BCUT2D eigenvalue weighted by Gasteiger charge is -2.23. The molecule has 0 aromatic carbocycles. The van der Waals surface area contributed by atoms with Crippen LogP contribution in [0.15, 0.2) is 24.3 Å². The lowest BCUT2D eigenvalue weighted by molar-refractivity contribution is -0.123. The van der Waals surface area contributed by atoms with Gasteiger partial charge in [-0.15, -0.1) is 0 Å². The van der Waals surface area contributed by atoms with E-state index in [4.69, 9.17) is 14.8 Å². The van der Waals surface area contributed by atoms with Gasteiger partial charge in [-0.1, -0.05) is 167 Å². The standard InChI is InChI=1S/C40H79N2O6P/c1-3-5-7-9-11-13-15-17-18-19-20-22-24-26-28-30-32-34-40(44)42-38(37-48-49(45,46)47-36-35-41)39(43)33-31-29-27-25-23-21-16-14-12-10-8-6-4-2/h17-18,31,33,38-39,43H,3-16,19-30,32,34-37,41H2,1-2H3,(H,42,44)(H,45,46)/b18-17-,33-31+. The van der Waals surface area contributed by atoms with E-state index in [1.165, 1.54) is 135 Å². The summed E-state index contributed by atoms with van der Waals surface area (Å²) in [4.78, 5) is 22.6. The topological polar surface area (TPSA) is 131 Å². The zero-order valence-electron chi connectivity index (χ0n) is 31.9. The van der Waals surface area contributed by atoms with Crippen LogP contribution in [0.25, 0.3) is 0 Å². The highest BCUT2D eigenvalue weighted by Gasteiger charge is 2.26. The van der Waals surface area contributed by atoms with Crippen LogP contribution in [0.1, 0.15) is 194 Å². The number of nitrogens with two attached hydrogens (primary N) is 1. The number of phosphoric acid groups is 1. The fourth-order valence-corrected chi connectivity index (χ4v) is 6.65. The number of nitrogens with one attached hydrogen (secondary N) is 1. The average molecular weight is 715 g/mol. The number of aliphatic hydroxyl groups is 1. The highest BCUT2D eigenvalue weighted by atomic mass is 31.2. The third-order valence-electron chi connectivity index (χ3n) is 9.02. The Morgan fingerprint density at radius 1 is 0.653 bits per heavy atom. The van der Waals surface area contributed by atoms with Crippen molar-refractivity contribution in [2.24, 2.45) is 5.73 Å². The van der Waals surface area contributed by atoms with Crippen LogP contribution in [-0.4, -0.2) is 47.8 Å². The number of carbonyl (C=O) groups is 1. The van der Waals surface area contributed by atoms with Crippen molar-refractivity contribution in [2.45, 2.75) is 206 Å². The van der Waals surface area contributed by atoms with E-state index in [2.05, 4.69) is 31.3 Å². The third-order valence-corrected chi connectivity index (χ3v) is 10.0. The number of allylic oxidation sites excluding steroid dienone is 3. The molecule has 0 radical (unpaired) electrons. The smallest absolute Gasteiger partial charge is 0.387 e. The van der Waals surface area contributed by atoms with E-state index in [-0.39, 0.29) is 25.7 Å². The number of unbranched alkanes of at least 4 members (excludes halogenated alkanes) is 24. The number of rotatable bonds is 38. The van der Waals surface area contributed by atoms with E-state index in [1.54, 1.807) is 6.08 Å². The Morgan fingerprint density at radius 3 is 1.51 bits per heavy atom. The van der Waals surface area contributed by atoms with Gasteiger partial charge in [0.15, 0.2) is 0 Å². The van der Waals surface area contributed by atoms with Crippen LogP contribution in [0.4, 0.5) is 0 Å². The first-order valence-electron chi connectivity index (χ1n) is 20.5. The maximum absolute atomic E-state index is 12.7. The summed E-state index contributed by atoms with van der Waals surface area (Å²) < 4.78 is 22.1. The summed E-state index contributed by atoms with van der Waals surface area (Å²) in [7, 11) is -4.33. The highest BCUT2D eigenvalue weighted by Crippen LogP contribution is 2.43. The summed E-state index contributed by atoms with van der Waals surface area (Å²) in [5.41, 5.74) is 5.36. The molecule has 0 aliphatic carbocycles. The van der Waals surface area contributed by atoms with Crippen LogP contribution in [0, 0.1) is 0 Å². The maximum Gasteiger partial charge on any atom is 0.472 e. The van der Waals surface area contributed by atoms with Crippen LogP contribution in [0.5, 0.6) is 0 Å². The van der Waals surface area contributed by atoms with E-state index in [0.29, 0.717) is 6.42 Å². The van der Waals surface area contributed by atoms with Crippen LogP contribution >= 0.6 is 7.82 Å². The fraction of sp³-hybridized carbons (Fsp3) is 0.875. The maximum atomic E-state index is 12.7. The monoisotopic (exact) mass is 715 g/mol. The fourth-order valence-electron chi connectivity index (χ4n) is 5.89. The van der Waals surface area contributed by atoms with Gasteiger partial charge in [0, 0.05) is 13.0 Å². The van der Waals surface area contributed by atoms with Gasteiger partial charge >= 0.3 is 7.82 Å². The molecule has 3 unspecified atom stereocenters. The quantitative estimate of drug-likeness (QED) is 0.0284. The van der Waals surface area contributed by atoms with Gasteiger partial charge in [0.2, 0.25) is 5.91 Å². The van der Waals surface area contributed by atoms with Gasteiger partial charge in [-0.2, -0.15) is 0 Å². The Bertz CT molecular complexity index is 825. The molecule has 8 nitrogen and oxygen atoms in total. The molecule has 0 bridgehead atoms. The van der Waals surface area contributed by atoms with Gasteiger partial charge in [-0.3, -0.25) is 13.8 Å². The van der Waals surface area contributed by atoms with Crippen molar-refractivity contribution in [3.63, 3.8) is 0 Å². The summed E-state index contributed by atoms with van der Waals surface area (Å²) in [6, 6.07) is -0.858. The van der Waals surface area contributed by atoms with Crippen molar-refractivity contribution in [1.29, 1.82) is 0 Å². The van der Waals surface area contributed by atoms with Crippen molar-refractivity contribution in [2.75, 3.05) is 19.8 Å². The molecule has 0 spiro atoms. The molecule has 1 amide bonds. The number of phosphoric ester groups is 1. The highest BCUT2D eigenvalue weighted by molar-refractivity contribution is 7.47. The Balaban J connectivity index is 4.25. The number of hydrogen-bond donors (Lipinski definition) is 4. The van der Waals surface area contributed by atoms with Gasteiger partial charge in [0.1, 0.15) is 0 Å². The number of amides is 1. The van der Waals surface area contributed by atoms with E-state index in [1.807, 2.05) is 6.08 Å². The first-order chi connectivity index (χ1) is 23.9. The predicted molar refractivity (Wildman–Crippen MR) is 208 cm³/mol. The molecular formula is C40H79N2O6P. The van der Waals surface area contributed by atoms with Crippen molar-refractivity contribution in [3.05, 3.63) is 24.3 Å². The second-order valence-corrected chi connectivity index (χ2v) is 15.3. The second kappa shape index (κ2) is 36.8. The zero-order chi connectivity index (χ0) is 36.1. The van der Waals surface area contributed by atoms with E-state index < -0.39 is 20.0 Å². The molecule has 0 aromatic rings. The minimum atomic E-state index is -4.33.